The van der Waals surface area contributed by atoms with E-state index in [4.69, 9.17) is 5.11 Å². The fourth-order valence-corrected chi connectivity index (χ4v) is 1.94. The smallest absolute Gasteiger partial charge is 0.339 e. The molecule has 5 heteroatoms. The summed E-state index contributed by atoms with van der Waals surface area (Å²) in [5.41, 5.74) is 0.892. The van der Waals surface area contributed by atoms with E-state index >= 15 is 0 Å². The second-order valence-electron chi connectivity index (χ2n) is 3.25. The fourth-order valence-electron chi connectivity index (χ4n) is 1.32. The molecule has 1 aromatic rings. The molecule has 0 aliphatic carbocycles. The normalized spacial score (nSPS) is 10.5. The highest BCUT2D eigenvalue weighted by Gasteiger charge is 2.10. The van der Waals surface area contributed by atoms with Gasteiger partial charge in [-0.2, -0.15) is 16.9 Å². The number of carbonyl (C=O) groups is 1. The summed E-state index contributed by atoms with van der Waals surface area (Å²) in [5, 5.41) is 13.0. The number of carboxylic acids is 1. The summed E-state index contributed by atoms with van der Waals surface area (Å²) in [5.74, 6) is 1.32. The van der Waals surface area contributed by atoms with Gasteiger partial charge in [-0.3, -0.25) is 4.68 Å². The van der Waals surface area contributed by atoms with E-state index in [-0.39, 0.29) is 0 Å². The van der Waals surface area contributed by atoms with E-state index in [9.17, 15) is 4.79 Å². The SMILES string of the molecule is CCSCCCn1cc(C(=O)O)c(C)n1. The number of hydrogen-bond donors (Lipinski definition) is 1. The Bertz CT molecular complexity index is 336. The largest absolute Gasteiger partial charge is 0.478 e. The Hall–Kier alpha value is -0.970. The molecule has 1 aromatic heterocycles. The molecule has 84 valence electrons. The summed E-state index contributed by atoms with van der Waals surface area (Å²) in [6.07, 6.45) is 2.63. The van der Waals surface area contributed by atoms with Crippen molar-refractivity contribution in [2.24, 2.45) is 0 Å². The Balaban J connectivity index is 2.48. The monoisotopic (exact) mass is 228 g/mol. The molecule has 1 N–H and O–H groups in total. The highest BCUT2D eigenvalue weighted by Crippen LogP contribution is 2.07. The first-order valence-electron chi connectivity index (χ1n) is 5.00. The van der Waals surface area contributed by atoms with Crippen molar-refractivity contribution < 1.29 is 9.90 Å². The molecule has 15 heavy (non-hydrogen) atoms. The molecule has 0 unspecified atom stereocenters. The highest BCUT2D eigenvalue weighted by molar-refractivity contribution is 7.99. The number of rotatable bonds is 6. The molecule has 0 atom stereocenters. The molecular formula is C10H16N2O2S. The van der Waals surface area contributed by atoms with E-state index < -0.39 is 5.97 Å². The van der Waals surface area contributed by atoms with Crippen LogP contribution in [0.3, 0.4) is 0 Å². The third-order valence-electron chi connectivity index (χ3n) is 2.06. The summed E-state index contributed by atoms with van der Waals surface area (Å²) in [4.78, 5) is 10.8. The van der Waals surface area contributed by atoms with Crippen molar-refractivity contribution in [1.82, 2.24) is 9.78 Å². The summed E-state index contributed by atoms with van der Waals surface area (Å²) >= 11 is 1.89. The summed E-state index contributed by atoms with van der Waals surface area (Å²) in [6.45, 7) is 4.65. The lowest BCUT2D eigenvalue weighted by Gasteiger charge is -1.99. The van der Waals surface area contributed by atoms with Gasteiger partial charge in [0, 0.05) is 12.7 Å². The van der Waals surface area contributed by atoms with E-state index in [1.165, 1.54) is 0 Å². The van der Waals surface area contributed by atoms with Crippen LogP contribution in [0, 0.1) is 6.92 Å². The number of aromatic nitrogens is 2. The topological polar surface area (TPSA) is 55.1 Å². The zero-order chi connectivity index (χ0) is 11.3. The van der Waals surface area contributed by atoms with Gasteiger partial charge in [-0.1, -0.05) is 6.92 Å². The molecular weight excluding hydrogens is 212 g/mol. The molecule has 0 amide bonds. The maximum atomic E-state index is 10.8. The van der Waals surface area contributed by atoms with Crippen LogP contribution in [0.15, 0.2) is 6.20 Å². The zero-order valence-corrected chi connectivity index (χ0v) is 9.88. The Morgan fingerprint density at radius 3 is 2.93 bits per heavy atom. The molecule has 0 spiro atoms. The predicted molar refractivity (Wildman–Crippen MR) is 61.5 cm³/mol. The van der Waals surface area contributed by atoms with E-state index in [1.807, 2.05) is 11.8 Å². The van der Waals surface area contributed by atoms with Crippen molar-refractivity contribution in [2.75, 3.05) is 11.5 Å². The van der Waals surface area contributed by atoms with Crippen molar-refractivity contribution in [1.29, 1.82) is 0 Å². The van der Waals surface area contributed by atoms with Crippen molar-refractivity contribution in [3.05, 3.63) is 17.5 Å². The van der Waals surface area contributed by atoms with Crippen LogP contribution in [0.4, 0.5) is 0 Å². The van der Waals surface area contributed by atoms with Crippen LogP contribution in [-0.2, 0) is 6.54 Å². The molecule has 1 rings (SSSR count). The third kappa shape index (κ3) is 3.58. The lowest BCUT2D eigenvalue weighted by atomic mass is 10.3. The van der Waals surface area contributed by atoms with Gasteiger partial charge in [0.15, 0.2) is 0 Å². The maximum absolute atomic E-state index is 10.8. The molecule has 0 aromatic carbocycles. The van der Waals surface area contributed by atoms with E-state index in [0.29, 0.717) is 11.3 Å². The van der Waals surface area contributed by atoms with E-state index in [2.05, 4.69) is 12.0 Å². The van der Waals surface area contributed by atoms with Gasteiger partial charge in [-0.15, -0.1) is 0 Å². The second-order valence-corrected chi connectivity index (χ2v) is 4.64. The van der Waals surface area contributed by atoms with E-state index in [0.717, 1.165) is 24.5 Å². The van der Waals surface area contributed by atoms with Gasteiger partial charge in [-0.05, 0) is 24.9 Å². The molecule has 0 aliphatic heterocycles. The van der Waals surface area contributed by atoms with Gasteiger partial charge in [0.2, 0.25) is 0 Å². The third-order valence-corrected chi connectivity index (χ3v) is 3.04. The van der Waals surface area contributed by atoms with Crippen molar-refractivity contribution >= 4 is 17.7 Å². The molecule has 4 nitrogen and oxygen atoms in total. The Labute approximate surface area is 93.7 Å². The van der Waals surface area contributed by atoms with E-state index in [1.54, 1.807) is 17.8 Å². The molecule has 0 radical (unpaired) electrons. The van der Waals surface area contributed by atoms with Crippen LogP contribution in [0.5, 0.6) is 0 Å². The van der Waals surface area contributed by atoms with Gasteiger partial charge in [0.1, 0.15) is 5.56 Å². The van der Waals surface area contributed by atoms with Gasteiger partial charge in [0.05, 0.1) is 5.69 Å². The average Bonchev–Trinajstić information content (AvgIpc) is 2.55. The first-order chi connectivity index (χ1) is 7.15. The zero-order valence-electron chi connectivity index (χ0n) is 9.06. The number of thioether (sulfide) groups is 1. The first-order valence-corrected chi connectivity index (χ1v) is 6.15. The van der Waals surface area contributed by atoms with Crippen LogP contribution in [-0.4, -0.2) is 32.4 Å². The quantitative estimate of drug-likeness (QED) is 0.757. The summed E-state index contributed by atoms with van der Waals surface area (Å²) < 4.78 is 1.72. The highest BCUT2D eigenvalue weighted by atomic mass is 32.2. The predicted octanol–water partition coefficient (Wildman–Crippen LogP) is 2.03. The minimum absolute atomic E-state index is 0.304. The van der Waals surface area contributed by atoms with Crippen LogP contribution in [0.2, 0.25) is 0 Å². The van der Waals surface area contributed by atoms with Crippen LogP contribution in [0.25, 0.3) is 0 Å². The molecule has 0 aliphatic rings. The summed E-state index contributed by atoms with van der Waals surface area (Å²) in [7, 11) is 0. The Morgan fingerprint density at radius 1 is 1.67 bits per heavy atom. The Kier molecular flexibility index (Phi) is 4.68. The number of nitrogens with zero attached hydrogens (tertiary/aromatic N) is 2. The maximum Gasteiger partial charge on any atom is 0.339 e. The standard InChI is InChI=1S/C10H16N2O2S/c1-3-15-6-4-5-12-7-9(10(13)14)8(2)11-12/h7H,3-6H2,1-2H3,(H,13,14). The molecule has 0 fully saturated rings. The number of carboxylic acid groups (broad SMARTS) is 1. The minimum atomic E-state index is -0.901. The first kappa shape index (κ1) is 12.1. The van der Waals surface area contributed by atoms with Crippen molar-refractivity contribution in [3.63, 3.8) is 0 Å². The molecule has 0 saturated carbocycles. The fraction of sp³-hybridized carbons (Fsp3) is 0.600. The van der Waals surface area contributed by atoms with Crippen molar-refractivity contribution in [2.45, 2.75) is 26.8 Å². The number of aromatic carboxylic acids is 1. The molecule has 0 saturated heterocycles. The van der Waals surface area contributed by atoms with Crippen LogP contribution >= 0.6 is 11.8 Å². The van der Waals surface area contributed by atoms with Crippen molar-refractivity contribution in [3.8, 4) is 0 Å². The van der Waals surface area contributed by atoms with Crippen LogP contribution < -0.4 is 0 Å². The molecule has 1 heterocycles. The average molecular weight is 228 g/mol. The van der Waals surface area contributed by atoms with Gasteiger partial charge in [-0.25, -0.2) is 4.79 Å². The van der Waals surface area contributed by atoms with Gasteiger partial charge in [0.25, 0.3) is 0 Å². The van der Waals surface area contributed by atoms with Crippen LogP contribution in [0.1, 0.15) is 29.4 Å². The van der Waals surface area contributed by atoms with Gasteiger partial charge < -0.3 is 5.11 Å². The number of hydrogen-bond acceptors (Lipinski definition) is 3. The number of aryl methyl sites for hydroxylation is 2. The lowest BCUT2D eigenvalue weighted by molar-refractivity contribution is 0.0696. The second kappa shape index (κ2) is 5.80. The Morgan fingerprint density at radius 2 is 2.40 bits per heavy atom. The van der Waals surface area contributed by atoms with Gasteiger partial charge >= 0.3 is 5.97 Å². The summed E-state index contributed by atoms with van der Waals surface area (Å²) in [6, 6.07) is 0. The lowest BCUT2D eigenvalue weighted by Crippen LogP contribution is -2.00. The molecule has 0 bridgehead atoms. The minimum Gasteiger partial charge on any atom is -0.478 e.